The molecule has 0 radical (unpaired) electrons. The summed E-state index contributed by atoms with van der Waals surface area (Å²) in [6, 6.07) is 3.69. The van der Waals surface area contributed by atoms with E-state index < -0.39 is 0 Å². The minimum Gasteiger partial charge on any atom is -0.383 e. The molecule has 8 nitrogen and oxygen atoms in total. The first kappa shape index (κ1) is 13.7. The molecular weight excluding hydrogens is 292 g/mol. The monoisotopic (exact) mass is 310 g/mol. The smallest absolute Gasteiger partial charge is 0.233 e. The van der Waals surface area contributed by atoms with Crippen LogP contribution in [-0.4, -0.2) is 37.4 Å². The fourth-order valence-electron chi connectivity index (χ4n) is 3.21. The van der Waals surface area contributed by atoms with Crippen molar-refractivity contribution in [3.63, 3.8) is 0 Å². The van der Waals surface area contributed by atoms with E-state index in [1.807, 2.05) is 18.5 Å². The van der Waals surface area contributed by atoms with Crippen molar-refractivity contribution in [1.29, 1.82) is 0 Å². The van der Waals surface area contributed by atoms with E-state index in [1.54, 1.807) is 12.3 Å². The fraction of sp³-hybridized carbons (Fsp3) is 0.333. The number of nitrogens with two attached hydrogens (primary N) is 2. The lowest BCUT2D eigenvalue weighted by Crippen LogP contribution is -2.35. The van der Waals surface area contributed by atoms with Crippen molar-refractivity contribution in [3.05, 3.63) is 36.4 Å². The first-order chi connectivity index (χ1) is 11.2. The summed E-state index contributed by atoms with van der Waals surface area (Å²) in [5.41, 5.74) is 12.7. The number of anilines is 3. The third-order valence-corrected chi connectivity index (χ3v) is 4.23. The lowest BCUT2D eigenvalue weighted by atomic mass is 9.95. The highest BCUT2D eigenvalue weighted by atomic mass is 15.2. The number of imidazole rings is 1. The topological polar surface area (TPSA) is 111 Å². The summed E-state index contributed by atoms with van der Waals surface area (Å²) in [7, 11) is 0. The third kappa shape index (κ3) is 2.52. The maximum Gasteiger partial charge on any atom is 0.233 e. The van der Waals surface area contributed by atoms with E-state index in [0.717, 1.165) is 37.5 Å². The maximum atomic E-state index is 5.79. The Hall–Kier alpha value is -2.90. The van der Waals surface area contributed by atoms with Crippen LogP contribution >= 0.6 is 0 Å². The number of hydrogen-bond donors (Lipinski definition) is 2. The van der Waals surface area contributed by atoms with Crippen molar-refractivity contribution in [3.8, 4) is 0 Å². The summed E-state index contributed by atoms with van der Waals surface area (Å²) in [6.07, 6.45) is 7.85. The van der Waals surface area contributed by atoms with Crippen LogP contribution in [0.1, 0.15) is 24.5 Å². The Kier molecular flexibility index (Phi) is 3.22. The van der Waals surface area contributed by atoms with Gasteiger partial charge in [-0.15, -0.1) is 0 Å². The number of aromatic nitrogens is 5. The van der Waals surface area contributed by atoms with Gasteiger partial charge < -0.3 is 16.4 Å². The van der Waals surface area contributed by atoms with Crippen molar-refractivity contribution in [2.45, 2.75) is 18.8 Å². The number of nitrogens with zero attached hydrogens (tertiary/aromatic N) is 6. The molecular formula is C15H18N8. The second-order valence-electron chi connectivity index (χ2n) is 5.77. The van der Waals surface area contributed by atoms with Crippen LogP contribution in [-0.2, 0) is 0 Å². The molecule has 0 spiro atoms. The van der Waals surface area contributed by atoms with E-state index in [1.165, 1.54) is 5.69 Å². The molecule has 1 unspecified atom stereocenters. The molecule has 1 fully saturated rings. The molecule has 1 aliphatic rings. The fourth-order valence-corrected chi connectivity index (χ4v) is 3.21. The zero-order valence-corrected chi connectivity index (χ0v) is 12.6. The molecule has 3 aromatic heterocycles. The van der Waals surface area contributed by atoms with Gasteiger partial charge in [-0.25, -0.2) is 9.97 Å². The van der Waals surface area contributed by atoms with Crippen LogP contribution in [0.2, 0.25) is 0 Å². The van der Waals surface area contributed by atoms with Gasteiger partial charge in [-0.2, -0.15) is 9.97 Å². The van der Waals surface area contributed by atoms with E-state index in [9.17, 15) is 0 Å². The van der Waals surface area contributed by atoms with Gasteiger partial charge in [0.2, 0.25) is 11.7 Å². The maximum absolute atomic E-state index is 5.79. The van der Waals surface area contributed by atoms with Crippen molar-refractivity contribution in [2.24, 2.45) is 0 Å². The normalized spacial score (nSPS) is 18.4. The molecule has 1 aliphatic heterocycles. The Morgan fingerprint density at radius 1 is 1.17 bits per heavy atom. The molecule has 0 aromatic carbocycles. The Morgan fingerprint density at radius 2 is 2.09 bits per heavy atom. The summed E-state index contributed by atoms with van der Waals surface area (Å²) in [4.78, 5) is 19.1. The molecule has 0 bridgehead atoms. The van der Waals surface area contributed by atoms with Gasteiger partial charge in [0.15, 0.2) is 0 Å². The first-order valence-corrected chi connectivity index (χ1v) is 7.63. The van der Waals surface area contributed by atoms with Gasteiger partial charge in [0, 0.05) is 43.2 Å². The van der Waals surface area contributed by atoms with Gasteiger partial charge in [-0.3, -0.25) is 4.40 Å². The van der Waals surface area contributed by atoms with E-state index in [-0.39, 0.29) is 5.95 Å². The average molecular weight is 310 g/mol. The van der Waals surface area contributed by atoms with Crippen LogP contribution in [0.3, 0.4) is 0 Å². The zero-order valence-electron chi connectivity index (χ0n) is 12.6. The van der Waals surface area contributed by atoms with Gasteiger partial charge in [-0.1, -0.05) is 0 Å². The largest absolute Gasteiger partial charge is 0.383 e. The Bertz CT molecular complexity index is 822. The van der Waals surface area contributed by atoms with Crippen LogP contribution < -0.4 is 16.4 Å². The molecule has 4 rings (SSSR count). The number of piperidine rings is 1. The number of fused-ring (bicyclic) bond motifs is 1. The second-order valence-corrected chi connectivity index (χ2v) is 5.77. The van der Waals surface area contributed by atoms with Gasteiger partial charge in [0.05, 0.1) is 6.20 Å². The summed E-state index contributed by atoms with van der Waals surface area (Å²) >= 11 is 0. The van der Waals surface area contributed by atoms with Crippen LogP contribution in [0.4, 0.5) is 17.6 Å². The van der Waals surface area contributed by atoms with Crippen molar-refractivity contribution < 1.29 is 0 Å². The molecule has 4 N–H and O–H groups in total. The molecule has 0 saturated carbocycles. The molecule has 1 atom stereocenters. The predicted octanol–water partition coefficient (Wildman–Crippen LogP) is 1.07. The van der Waals surface area contributed by atoms with Gasteiger partial charge in [0.1, 0.15) is 11.6 Å². The molecule has 8 heteroatoms. The molecule has 0 aliphatic carbocycles. The van der Waals surface area contributed by atoms with Crippen LogP contribution in [0, 0.1) is 0 Å². The third-order valence-electron chi connectivity index (χ3n) is 4.23. The Labute approximate surface area is 133 Å². The van der Waals surface area contributed by atoms with Crippen LogP contribution in [0.5, 0.6) is 0 Å². The molecule has 4 heterocycles. The summed E-state index contributed by atoms with van der Waals surface area (Å²) in [5.74, 6) is 2.48. The first-order valence-electron chi connectivity index (χ1n) is 7.63. The summed E-state index contributed by atoms with van der Waals surface area (Å²) < 4.78 is 2.05. The molecule has 23 heavy (non-hydrogen) atoms. The Morgan fingerprint density at radius 3 is 2.96 bits per heavy atom. The zero-order chi connectivity index (χ0) is 15.8. The van der Waals surface area contributed by atoms with Gasteiger partial charge >= 0.3 is 0 Å². The van der Waals surface area contributed by atoms with E-state index in [2.05, 4.69) is 29.2 Å². The van der Waals surface area contributed by atoms with E-state index in [4.69, 9.17) is 11.5 Å². The second kappa shape index (κ2) is 5.38. The van der Waals surface area contributed by atoms with E-state index >= 15 is 0 Å². The average Bonchev–Trinajstić information content (AvgIpc) is 2.98. The van der Waals surface area contributed by atoms with Crippen LogP contribution in [0.25, 0.3) is 5.78 Å². The van der Waals surface area contributed by atoms with Crippen molar-refractivity contribution in [2.75, 3.05) is 29.5 Å². The SMILES string of the molecule is Nc1cc(N2CCCC(c3cnc4ncccn34)C2)nc(N)n1. The number of nitrogen functional groups attached to an aromatic ring is 2. The molecule has 1 saturated heterocycles. The summed E-state index contributed by atoms with van der Waals surface area (Å²) in [6.45, 7) is 1.78. The number of rotatable bonds is 2. The quantitative estimate of drug-likeness (QED) is 0.728. The standard InChI is InChI=1S/C15H18N8/c16-12-7-13(21-14(17)20-12)22-5-1-3-10(9-22)11-8-19-15-18-4-2-6-23(11)15/h2,4,6-8,10H,1,3,5,9H2,(H4,16,17,20,21). The van der Waals surface area contributed by atoms with Gasteiger partial charge in [-0.05, 0) is 18.9 Å². The lowest BCUT2D eigenvalue weighted by molar-refractivity contribution is 0.496. The number of hydrogen-bond acceptors (Lipinski definition) is 7. The molecule has 3 aromatic rings. The molecule has 118 valence electrons. The predicted molar refractivity (Wildman–Crippen MR) is 88.0 cm³/mol. The minimum atomic E-state index is 0.209. The van der Waals surface area contributed by atoms with Crippen molar-refractivity contribution in [1.82, 2.24) is 24.3 Å². The highest BCUT2D eigenvalue weighted by Crippen LogP contribution is 2.30. The summed E-state index contributed by atoms with van der Waals surface area (Å²) in [5, 5.41) is 0. The highest BCUT2D eigenvalue weighted by molar-refractivity contribution is 5.51. The van der Waals surface area contributed by atoms with Crippen molar-refractivity contribution >= 4 is 23.4 Å². The minimum absolute atomic E-state index is 0.209. The lowest BCUT2D eigenvalue weighted by Gasteiger charge is -2.33. The van der Waals surface area contributed by atoms with E-state index in [0.29, 0.717) is 11.7 Å². The van der Waals surface area contributed by atoms with Gasteiger partial charge in [0.25, 0.3) is 0 Å². The Balaban J connectivity index is 1.64. The molecule has 0 amide bonds. The van der Waals surface area contributed by atoms with Crippen LogP contribution in [0.15, 0.2) is 30.7 Å². The highest BCUT2D eigenvalue weighted by Gasteiger charge is 2.25.